The summed E-state index contributed by atoms with van der Waals surface area (Å²) in [5, 5.41) is 9.52. The van der Waals surface area contributed by atoms with Crippen LogP contribution in [0.2, 0.25) is 0 Å². The highest BCUT2D eigenvalue weighted by molar-refractivity contribution is 4.94. The van der Waals surface area contributed by atoms with Crippen molar-refractivity contribution in [1.29, 1.82) is 0 Å². The molecule has 110 valence electrons. The molecule has 0 aliphatic carbocycles. The highest BCUT2D eigenvalue weighted by Crippen LogP contribution is 2.36. The second-order valence-corrected chi connectivity index (χ2v) is 5.94. The zero-order chi connectivity index (χ0) is 13.1. The van der Waals surface area contributed by atoms with Gasteiger partial charge in [0.1, 0.15) is 0 Å². The van der Waals surface area contributed by atoms with Crippen molar-refractivity contribution < 1.29 is 19.3 Å². The Balaban J connectivity index is 1.66. The van der Waals surface area contributed by atoms with E-state index in [9.17, 15) is 5.11 Å². The molecule has 1 spiro atoms. The summed E-state index contributed by atoms with van der Waals surface area (Å²) in [7, 11) is 0. The molecule has 0 radical (unpaired) electrons. The molecule has 5 heteroatoms. The van der Waals surface area contributed by atoms with E-state index in [1.54, 1.807) is 0 Å². The molecule has 0 aromatic carbocycles. The fourth-order valence-corrected chi connectivity index (χ4v) is 3.68. The fourth-order valence-electron chi connectivity index (χ4n) is 3.68. The van der Waals surface area contributed by atoms with Crippen molar-refractivity contribution in [1.82, 2.24) is 4.90 Å². The highest BCUT2D eigenvalue weighted by atomic mass is 16.5. The van der Waals surface area contributed by atoms with Gasteiger partial charge in [0.25, 0.3) is 0 Å². The largest absolute Gasteiger partial charge is 0.395 e. The van der Waals surface area contributed by atoms with Crippen molar-refractivity contribution >= 4 is 0 Å². The van der Waals surface area contributed by atoms with Crippen molar-refractivity contribution in [2.45, 2.75) is 43.4 Å². The van der Waals surface area contributed by atoms with Crippen LogP contribution in [0.4, 0.5) is 0 Å². The topological polar surface area (TPSA) is 51.2 Å². The zero-order valence-electron chi connectivity index (χ0n) is 11.6. The molecule has 0 aromatic rings. The molecule has 2 atom stereocenters. The Bertz CT molecular complexity index is 288. The van der Waals surface area contributed by atoms with E-state index in [0.29, 0.717) is 12.6 Å². The van der Waals surface area contributed by atoms with Gasteiger partial charge < -0.3 is 19.3 Å². The maximum Gasteiger partial charge on any atom is 0.0741 e. The molecule has 5 nitrogen and oxygen atoms in total. The SMILES string of the molecule is OCC1COCCN1C1CCOC2(CCOCC2)C1. The maximum atomic E-state index is 9.52. The molecule has 3 fully saturated rings. The minimum Gasteiger partial charge on any atom is -0.395 e. The number of nitrogens with zero attached hydrogens (tertiary/aromatic N) is 1. The van der Waals surface area contributed by atoms with Gasteiger partial charge in [0.2, 0.25) is 0 Å². The smallest absolute Gasteiger partial charge is 0.0741 e. The molecular formula is C14H25NO4. The first-order chi connectivity index (χ1) is 9.33. The van der Waals surface area contributed by atoms with Crippen molar-refractivity contribution in [3.63, 3.8) is 0 Å². The molecule has 0 saturated carbocycles. The molecule has 0 aromatic heterocycles. The number of ether oxygens (including phenoxy) is 3. The van der Waals surface area contributed by atoms with Crippen LogP contribution in [-0.2, 0) is 14.2 Å². The van der Waals surface area contributed by atoms with Crippen LogP contribution in [0.15, 0.2) is 0 Å². The van der Waals surface area contributed by atoms with Crippen LogP contribution in [0.5, 0.6) is 0 Å². The van der Waals surface area contributed by atoms with Crippen LogP contribution < -0.4 is 0 Å². The quantitative estimate of drug-likeness (QED) is 0.788. The molecule has 0 bridgehead atoms. The molecule has 1 N–H and O–H groups in total. The van der Waals surface area contributed by atoms with E-state index in [2.05, 4.69) is 4.90 Å². The lowest BCUT2D eigenvalue weighted by Crippen LogP contribution is -2.57. The third kappa shape index (κ3) is 2.95. The summed E-state index contributed by atoms with van der Waals surface area (Å²) < 4.78 is 17.0. The van der Waals surface area contributed by atoms with E-state index < -0.39 is 0 Å². The summed E-state index contributed by atoms with van der Waals surface area (Å²) >= 11 is 0. The summed E-state index contributed by atoms with van der Waals surface area (Å²) in [6.07, 6.45) is 4.17. The lowest BCUT2D eigenvalue weighted by molar-refractivity contribution is -0.163. The molecule has 19 heavy (non-hydrogen) atoms. The van der Waals surface area contributed by atoms with Crippen LogP contribution in [-0.4, -0.2) is 73.9 Å². The van der Waals surface area contributed by atoms with E-state index in [1.165, 1.54) is 0 Å². The Labute approximate surface area is 114 Å². The number of hydrogen-bond acceptors (Lipinski definition) is 5. The third-order valence-corrected chi connectivity index (χ3v) is 4.82. The molecule has 3 heterocycles. The van der Waals surface area contributed by atoms with Gasteiger partial charge in [0, 0.05) is 32.4 Å². The first kappa shape index (κ1) is 13.8. The Hall–Kier alpha value is -0.200. The number of aliphatic hydroxyl groups excluding tert-OH is 1. The third-order valence-electron chi connectivity index (χ3n) is 4.82. The standard InChI is InChI=1S/C14H25NO4/c16-10-13-11-18-8-4-15(13)12-1-5-19-14(9-12)2-6-17-7-3-14/h12-13,16H,1-11H2. The summed E-state index contributed by atoms with van der Waals surface area (Å²) in [5.41, 5.74) is 0.0273. The van der Waals surface area contributed by atoms with E-state index in [1.807, 2.05) is 0 Å². The molecule has 3 rings (SSSR count). The van der Waals surface area contributed by atoms with Gasteiger partial charge in [-0.2, -0.15) is 0 Å². The van der Waals surface area contributed by atoms with Crippen molar-refractivity contribution in [3.8, 4) is 0 Å². The van der Waals surface area contributed by atoms with Crippen molar-refractivity contribution in [3.05, 3.63) is 0 Å². The molecular weight excluding hydrogens is 246 g/mol. The van der Waals surface area contributed by atoms with E-state index in [-0.39, 0.29) is 18.2 Å². The van der Waals surface area contributed by atoms with Crippen LogP contribution in [0.1, 0.15) is 25.7 Å². The second kappa shape index (κ2) is 6.06. The Morgan fingerprint density at radius 1 is 1.11 bits per heavy atom. The number of morpholine rings is 1. The summed E-state index contributed by atoms with van der Waals surface area (Å²) in [5.74, 6) is 0. The van der Waals surface area contributed by atoms with Crippen LogP contribution in [0, 0.1) is 0 Å². The van der Waals surface area contributed by atoms with Gasteiger partial charge in [-0.1, -0.05) is 0 Å². The highest BCUT2D eigenvalue weighted by Gasteiger charge is 2.42. The van der Waals surface area contributed by atoms with Crippen LogP contribution in [0.3, 0.4) is 0 Å². The van der Waals surface area contributed by atoms with Gasteiger partial charge in [0.15, 0.2) is 0 Å². The van der Waals surface area contributed by atoms with Gasteiger partial charge >= 0.3 is 0 Å². The number of rotatable bonds is 2. The summed E-state index contributed by atoms with van der Waals surface area (Å²) in [6.45, 7) is 5.03. The van der Waals surface area contributed by atoms with Gasteiger partial charge in [0.05, 0.1) is 31.5 Å². The maximum absolute atomic E-state index is 9.52. The van der Waals surface area contributed by atoms with Gasteiger partial charge in [-0.05, 0) is 25.7 Å². The molecule has 3 aliphatic heterocycles. The number of hydrogen-bond donors (Lipinski definition) is 1. The first-order valence-electron chi connectivity index (χ1n) is 7.49. The van der Waals surface area contributed by atoms with Crippen molar-refractivity contribution in [2.75, 3.05) is 46.2 Å². The predicted molar refractivity (Wildman–Crippen MR) is 70.2 cm³/mol. The Morgan fingerprint density at radius 3 is 2.74 bits per heavy atom. The lowest BCUT2D eigenvalue weighted by atomic mass is 9.83. The number of aliphatic hydroxyl groups is 1. The second-order valence-electron chi connectivity index (χ2n) is 5.94. The molecule has 3 aliphatic rings. The van der Waals surface area contributed by atoms with Gasteiger partial charge in [-0.15, -0.1) is 0 Å². The van der Waals surface area contributed by atoms with Gasteiger partial charge in [-0.3, -0.25) is 4.90 Å². The monoisotopic (exact) mass is 271 g/mol. The van der Waals surface area contributed by atoms with Gasteiger partial charge in [-0.25, -0.2) is 0 Å². The lowest BCUT2D eigenvalue weighted by Gasteiger charge is -2.49. The molecule has 3 saturated heterocycles. The Morgan fingerprint density at radius 2 is 1.95 bits per heavy atom. The van der Waals surface area contributed by atoms with Crippen LogP contribution >= 0.6 is 0 Å². The average Bonchev–Trinajstić information content (AvgIpc) is 2.48. The molecule has 0 amide bonds. The van der Waals surface area contributed by atoms with E-state index >= 15 is 0 Å². The minimum absolute atomic E-state index is 0.0273. The summed E-state index contributed by atoms with van der Waals surface area (Å²) in [6, 6.07) is 0.682. The zero-order valence-corrected chi connectivity index (χ0v) is 11.6. The first-order valence-corrected chi connectivity index (χ1v) is 7.49. The molecule has 2 unspecified atom stereocenters. The minimum atomic E-state index is 0.0273. The average molecular weight is 271 g/mol. The Kier molecular flexibility index (Phi) is 4.39. The predicted octanol–water partition coefficient (Wildman–Crippen LogP) is 0.408. The fraction of sp³-hybridized carbons (Fsp3) is 1.00. The summed E-state index contributed by atoms with van der Waals surface area (Å²) in [4.78, 5) is 2.45. The van der Waals surface area contributed by atoms with E-state index in [4.69, 9.17) is 14.2 Å². The van der Waals surface area contributed by atoms with Crippen LogP contribution in [0.25, 0.3) is 0 Å². The normalized spacial score (nSPS) is 36.5. The van der Waals surface area contributed by atoms with Crippen molar-refractivity contribution in [2.24, 2.45) is 0 Å². The van der Waals surface area contributed by atoms with E-state index in [0.717, 1.165) is 58.7 Å².